The van der Waals surface area contributed by atoms with Crippen LogP contribution in [0.25, 0.3) is 0 Å². The average molecular weight is 392 g/mol. The van der Waals surface area contributed by atoms with E-state index in [0.717, 1.165) is 30.0 Å². The molecule has 29 heavy (non-hydrogen) atoms. The topological polar surface area (TPSA) is 80.5 Å². The summed E-state index contributed by atoms with van der Waals surface area (Å²) in [6, 6.07) is 17.6. The minimum atomic E-state index is -0.298. The van der Waals surface area contributed by atoms with E-state index in [9.17, 15) is 4.79 Å². The number of ether oxygens (including phenoxy) is 1. The molecule has 1 fully saturated rings. The molecule has 1 N–H and O–H groups in total. The lowest BCUT2D eigenvalue weighted by Gasteiger charge is -2.30. The van der Waals surface area contributed by atoms with Crippen molar-refractivity contribution < 1.29 is 13.9 Å². The Bertz CT molecular complexity index is 951. The number of aryl methyl sites for hydroxylation is 1. The van der Waals surface area contributed by atoms with Crippen molar-refractivity contribution in [2.75, 3.05) is 36.5 Å². The van der Waals surface area contributed by atoms with E-state index in [0.29, 0.717) is 25.0 Å². The highest BCUT2D eigenvalue weighted by Crippen LogP contribution is 2.30. The largest absolute Gasteiger partial charge is 0.425 e. The molecule has 2 aromatic carbocycles. The summed E-state index contributed by atoms with van der Waals surface area (Å²) < 4.78 is 11.1. The first kappa shape index (κ1) is 19.1. The van der Waals surface area contributed by atoms with Crippen molar-refractivity contribution in [3.63, 3.8) is 0 Å². The quantitative estimate of drug-likeness (QED) is 0.693. The molecule has 2 heterocycles. The monoisotopic (exact) mass is 392 g/mol. The fourth-order valence-corrected chi connectivity index (χ4v) is 3.53. The molecule has 0 radical (unpaired) electrons. The first-order chi connectivity index (χ1) is 14.2. The van der Waals surface area contributed by atoms with E-state index in [1.807, 2.05) is 54.6 Å². The lowest BCUT2D eigenvalue weighted by atomic mass is 9.95. The minimum absolute atomic E-state index is 0.101. The second-order valence-corrected chi connectivity index (χ2v) is 6.99. The number of nitrogens with zero attached hydrogens (tertiary/aromatic N) is 3. The predicted octanol–water partition coefficient (Wildman–Crippen LogP) is 3.38. The highest BCUT2D eigenvalue weighted by atomic mass is 16.5. The van der Waals surface area contributed by atoms with Gasteiger partial charge in [-0.1, -0.05) is 42.5 Å². The summed E-state index contributed by atoms with van der Waals surface area (Å²) in [5, 5.41) is 11.2. The Labute approximate surface area is 169 Å². The molecule has 0 saturated carbocycles. The van der Waals surface area contributed by atoms with Gasteiger partial charge in [0.1, 0.15) is 0 Å². The fraction of sp³-hybridized carbons (Fsp3) is 0.318. The van der Waals surface area contributed by atoms with Crippen LogP contribution in [0.15, 0.2) is 59.0 Å². The SMILES string of the molecule is Cc1nnc(C(CC(=O)Nc2ccccc2N2CCOCC2)c2ccccc2)o1. The Hall–Kier alpha value is -3.19. The maximum atomic E-state index is 13.0. The zero-order chi connectivity index (χ0) is 20.1. The summed E-state index contributed by atoms with van der Waals surface area (Å²) in [6.45, 7) is 4.74. The van der Waals surface area contributed by atoms with Crippen LogP contribution in [0.2, 0.25) is 0 Å². The van der Waals surface area contributed by atoms with Crippen molar-refractivity contribution >= 4 is 17.3 Å². The molecule has 0 spiro atoms. The first-order valence-electron chi connectivity index (χ1n) is 9.77. The average Bonchev–Trinajstić information content (AvgIpc) is 3.19. The zero-order valence-corrected chi connectivity index (χ0v) is 16.4. The van der Waals surface area contributed by atoms with Gasteiger partial charge in [-0.15, -0.1) is 10.2 Å². The van der Waals surface area contributed by atoms with Crippen molar-refractivity contribution in [3.05, 3.63) is 71.9 Å². The van der Waals surface area contributed by atoms with Gasteiger partial charge in [-0.25, -0.2) is 0 Å². The molecule has 1 aliphatic rings. The molecule has 3 aromatic rings. The van der Waals surface area contributed by atoms with Gasteiger partial charge in [0.05, 0.1) is 30.5 Å². The molecule has 1 aromatic heterocycles. The molecule has 4 rings (SSSR count). The van der Waals surface area contributed by atoms with Crippen LogP contribution in [0.5, 0.6) is 0 Å². The summed E-state index contributed by atoms with van der Waals surface area (Å²) in [7, 11) is 0. The number of hydrogen-bond acceptors (Lipinski definition) is 6. The van der Waals surface area contributed by atoms with Crippen LogP contribution < -0.4 is 10.2 Å². The first-order valence-corrected chi connectivity index (χ1v) is 9.77. The van der Waals surface area contributed by atoms with Gasteiger partial charge in [0, 0.05) is 26.4 Å². The Morgan fingerprint density at radius 2 is 1.79 bits per heavy atom. The van der Waals surface area contributed by atoms with Gasteiger partial charge in [-0.3, -0.25) is 4.79 Å². The fourth-order valence-electron chi connectivity index (χ4n) is 3.53. The van der Waals surface area contributed by atoms with Crippen LogP contribution in [-0.2, 0) is 9.53 Å². The normalized spacial score (nSPS) is 15.1. The van der Waals surface area contributed by atoms with Gasteiger partial charge < -0.3 is 19.4 Å². The van der Waals surface area contributed by atoms with Crippen molar-refractivity contribution in [2.45, 2.75) is 19.3 Å². The zero-order valence-electron chi connectivity index (χ0n) is 16.4. The molecule has 7 heteroatoms. The summed E-state index contributed by atoms with van der Waals surface area (Å²) in [5.41, 5.74) is 2.77. The molecule has 0 aliphatic carbocycles. The van der Waals surface area contributed by atoms with Crippen LogP contribution in [0.4, 0.5) is 11.4 Å². The number of para-hydroxylation sites is 2. The van der Waals surface area contributed by atoms with E-state index in [-0.39, 0.29) is 18.2 Å². The Kier molecular flexibility index (Phi) is 5.86. The van der Waals surface area contributed by atoms with Gasteiger partial charge in [0.25, 0.3) is 0 Å². The number of rotatable bonds is 6. The third kappa shape index (κ3) is 4.63. The Morgan fingerprint density at radius 1 is 1.07 bits per heavy atom. The van der Waals surface area contributed by atoms with E-state index in [4.69, 9.17) is 9.15 Å². The molecule has 150 valence electrons. The number of morpholine rings is 1. The van der Waals surface area contributed by atoms with Crippen molar-refractivity contribution in [1.29, 1.82) is 0 Å². The number of hydrogen-bond donors (Lipinski definition) is 1. The van der Waals surface area contributed by atoms with Crippen LogP contribution in [0.3, 0.4) is 0 Å². The number of benzene rings is 2. The van der Waals surface area contributed by atoms with Gasteiger partial charge in [0.2, 0.25) is 17.7 Å². The highest BCUT2D eigenvalue weighted by Gasteiger charge is 2.24. The number of amides is 1. The van der Waals surface area contributed by atoms with Gasteiger partial charge in [-0.05, 0) is 17.7 Å². The summed E-state index contributed by atoms with van der Waals surface area (Å²) in [4.78, 5) is 15.2. The van der Waals surface area contributed by atoms with Crippen LogP contribution in [0.1, 0.15) is 29.7 Å². The summed E-state index contributed by atoms with van der Waals surface area (Å²) in [5.74, 6) is 0.535. The molecule has 7 nitrogen and oxygen atoms in total. The molecule has 1 atom stereocenters. The molecule has 1 saturated heterocycles. The number of carbonyl (C=O) groups is 1. The maximum Gasteiger partial charge on any atom is 0.225 e. The third-order valence-corrected chi connectivity index (χ3v) is 4.96. The Balaban J connectivity index is 1.53. The van der Waals surface area contributed by atoms with E-state index >= 15 is 0 Å². The smallest absolute Gasteiger partial charge is 0.225 e. The van der Waals surface area contributed by atoms with Gasteiger partial charge >= 0.3 is 0 Å². The summed E-state index contributed by atoms with van der Waals surface area (Å²) >= 11 is 0. The molecule has 0 bridgehead atoms. The lowest BCUT2D eigenvalue weighted by Crippen LogP contribution is -2.36. The van der Waals surface area contributed by atoms with Gasteiger partial charge in [0.15, 0.2) is 0 Å². The van der Waals surface area contributed by atoms with Crippen LogP contribution in [-0.4, -0.2) is 42.4 Å². The number of aromatic nitrogens is 2. The van der Waals surface area contributed by atoms with Crippen molar-refractivity contribution in [2.24, 2.45) is 0 Å². The number of carbonyl (C=O) groups excluding carboxylic acids is 1. The Morgan fingerprint density at radius 3 is 2.52 bits per heavy atom. The molecule has 1 aliphatic heterocycles. The van der Waals surface area contributed by atoms with E-state index < -0.39 is 0 Å². The minimum Gasteiger partial charge on any atom is -0.425 e. The second-order valence-electron chi connectivity index (χ2n) is 6.99. The molecular weight excluding hydrogens is 368 g/mol. The summed E-state index contributed by atoms with van der Waals surface area (Å²) in [6.07, 6.45) is 0.211. The highest BCUT2D eigenvalue weighted by molar-refractivity contribution is 5.95. The molecular formula is C22H24N4O3. The number of nitrogens with one attached hydrogen (secondary N) is 1. The van der Waals surface area contributed by atoms with Crippen molar-refractivity contribution in [3.8, 4) is 0 Å². The standard InChI is InChI=1S/C22H24N4O3/c1-16-24-25-22(29-16)18(17-7-3-2-4-8-17)15-21(27)23-19-9-5-6-10-20(19)26-11-13-28-14-12-26/h2-10,18H,11-15H2,1H3,(H,23,27). The second kappa shape index (κ2) is 8.87. The van der Waals surface area contributed by atoms with Crippen LogP contribution >= 0.6 is 0 Å². The van der Waals surface area contributed by atoms with Gasteiger partial charge in [-0.2, -0.15) is 0 Å². The molecule has 1 unspecified atom stereocenters. The number of anilines is 2. The lowest BCUT2D eigenvalue weighted by molar-refractivity contribution is -0.116. The van der Waals surface area contributed by atoms with Crippen LogP contribution in [0, 0.1) is 6.92 Å². The molecule has 1 amide bonds. The van der Waals surface area contributed by atoms with E-state index in [1.165, 1.54) is 0 Å². The van der Waals surface area contributed by atoms with Crippen molar-refractivity contribution in [1.82, 2.24) is 10.2 Å². The van der Waals surface area contributed by atoms with E-state index in [2.05, 4.69) is 20.4 Å². The third-order valence-electron chi connectivity index (χ3n) is 4.96. The predicted molar refractivity (Wildman–Crippen MR) is 110 cm³/mol. The van der Waals surface area contributed by atoms with E-state index in [1.54, 1.807) is 6.92 Å². The maximum absolute atomic E-state index is 13.0.